The highest BCUT2D eigenvalue weighted by molar-refractivity contribution is 9.10. The Morgan fingerprint density at radius 1 is 1.50 bits per heavy atom. The normalized spacial score (nSPS) is 21.2. The minimum absolute atomic E-state index is 0.430. The topological polar surface area (TPSA) is 50.4 Å². The zero-order valence-corrected chi connectivity index (χ0v) is 9.29. The fourth-order valence-corrected chi connectivity index (χ4v) is 1.96. The second kappa shape index (κ2) is 4.00. The lowest BCUT2D eigenvalue weighted by Gasteiger charge is -2.21. The molecular weight excluding hydrogens is 242 g/mol. The van der Waals surface area contributed by atoms with Gasteiger partial charge in [-0.15, -0.1) is 0 Å². The van der Waals surface area contributed by atoms with Gasteiger partial charge in [0.25, 0.3) is 0 Å². The van der Waals surface area contributed by atoms with E-state index in [4.69, 9.17) is 5.73 Å². The Hall–Kier alpha value is -1.03. The number of rotatable bonds is 1. The zero-order chi connectivity index (χ0) is 9.97. The Kier molecular flexibility index (Phi) is 2.72. The number of guanidine groups is 1. The van der Waals surface area contributed by atoms with Gasteiger partial charge in [-0.2, -0.15) is 0 Å². The Balaban J connectivity index is 2.16. The molecule has 1 aliphatic heterocycles. The van der Waals surface area contributed by atoms with Gasteiger partial charge in [0.1, 0.15) is 0 Å². The highest BCUT2D eigenvalue weighted by Crippen LogP contribution is 2.20. The van der Waals surface area contributed by atoms with Crippen molar-refractivity contribution in [3.05, 3.63) is 34.3 Å². The molecule has 1 atom stereocenters. The molecular formula is C10H12BrN3. The van der Waals surface area contributed by atoms with Crippen molar-refractivity contribution in [2.45, 2.75) is 5.92 Å². The van der Waals surface area contributed by atoms with Crippen molar-refractivity contribution in [1.82, 2.24) is 5.32 Å². The van der Waals surface area contributed by atoms with Gasteiger partial charge in [-0.1, -0.05) is 28.1 Å². The fourth-order valence-electron chi connectivity index (χ4n) is 1.54. The number of nitrogens with zero attached hydrogens (tertiary/aromatic N) is 1. The zero-order valence-electron chi connectivity index (χ0n) is 7.70. The summed E-state index contributed by atoms with van der Waals surface area (Å²) >= 11 is 3.46. The third-order valence-corrected chi connectivity index (χ3v) is 2.82. The first-order valence-corrected chi connectivity index (χ1v) is 5.34. The van der Waals surface area contributed by atoms with Gasteiger partial charge in [-0.3, -0.25) is 4.99 Å². The molecule has 14 heavy (non-hydrogen) atoms. The summed E-state index contributed by atoms with van der Waals surface area (Å²) in [5.74, 6) is 0.982. The molecule has 1 unspecified atom stereocenters. The van der Waals surface area contributed by atoms with E-state index in [0.717, 1.165) is 17.6 Å². The van der Waals surface area contributed by atoms with Crippen LogP contribution in [0.5, 0.6) is 0 Å². The van der Waals surface area contributed by atoms with Crippen LogP contribution in [0.4, 0.5) is 0 Å². The van der Waals surface area contributed by atoms with Gasteiger partial charge >= 0.3 is 0 Å². The first kappa shape index (κ1) is 9.52. The van der Waals surface area contributed by atoms with Crippen LogP contribution in [-0.4, -0.2) is 19.0 Å². The van der Waals surface area contributed by atoms with Crippen LogP contribution in [0.1, 0.15) is 11.5 Å². The first-order valence-electron chi connectivity index (χ1n) is 4.55. The lowest BCUT2D eigenvalue weighted by atomic mass is 9.98. The number of hydrogen-bond acceptors (Lipinski definition) is 3. The van der Waals surface area contributed by atoms with Crippen molar-refractivity contribution in [3.8, 4) is 0 Å². The summed E-state index contributed by atoms with van der Waals surface area (Å²) in [6.45, 7) is 1.64. The van der Waals surface area contributed by atoms with E-state index in [2.05, 4.69) is 38.4 Å². The molecule has 0 radical (unpaired) electrons. The summed E-state index contributed by atoms with van der Waals surface area (Å²) in [7, 11) is 0. The van der Waals surface area contributed by atoms with Crippen molar-refractivity contribution in [1.29, 1.82) is 0 Å². The van der Waals surface area contributed by atoms with Crippen molar-refractivity contribution < 1.29 is 0 Å². The number of hydrogen-bond donors (Lipinski definition) is 2. The van der Waals surface area contributed by atoms with Crippen LogP contribution in [0, 0.1) is 0 Å². The molecule has 0 saturated heterocycles. The Morgan fingerprint density at radius 3 is 3.00 bits per heavy atom. The highest BCUT2D eigenvalue weighted by atomic mass is 79.9. The lowest BCUT2D eigenvalue weighted by molar-refractivity contribution is 0.635. The van der Waals surface area contributed by atoms with Crippen molar-refractivity contribution in [2.75, 3.05) is 13.1 Å². The summed E-state index contributed by atoms with van der Waals surface area (Å²) in [6.07, 6.45) is 0. The minimum atomic E-state index is 0.430. The molecule has 1 aromatic carbocycles. The second-order valence-electron chi connectivity index (χ2n) is 3.36. The largest absolute Gasteiger partial charge is 0.370 e. The number of aliphatic imine (C=N–C) groups is 1. The van der Waals surface area contributed by atoms with E-state index in [1.807, 2.05) is 12.1 Å². The number of halogens is 1. The third kappa shape index (κ3) is 2.07. The molecule has 2 rings (SSSR count). The molecule has 0 fully saturated rings. The van der Waals surface area contributed by atoms with Crippen LogP contribution >= 0.6 is 15.9 Å². The van der Waals surface area contributed by atoms with Crippen LogP contribution in [0.15, 0.2) is 33.7 Å². The molecule has 0 aromatic heterocycles. The predicted octanol–water partition coefficient (Wildman–Crippen LogP) is 1.45. The molecule has 0 aliphatic carbocycles. The average Bonchev–Trinajstić information content (AvgIpc) is 2.19. The van der Waals surface area contributed by atoms with Gasteiger partial charge in [0.05, 0.1) is 6.54 Å². The van der Waals surface area contributed by atoms with Crippen LogP contribution in [-0.2, 0) is 0 Å². The summed E-state index contributed by atoms with van der Waals surface area (Å²) in [5, 5.41) is 3.06. The predicted molar refractivity (Wildman–Crippen MR) is 61.4 cm³/mol. The molecule has 74 valence electrons. The van der Waals surface area contributed by atoms with Gasteiger partial charge in [-0.05, 0) is 17.7 Å². The Labute approximate surface area is 91.5 Å². The van der Waals surface area contributed by atoms with Crippen LogP contribution in [0.2, 0.25) is 0 Å². The van der Waals surface area contributed by atoms with Gasteiger partial charge in [-0.25, -0.2) is 0 Å². The quantitative estimate of drug-likeness (QED) is 0.796. The van der Waals surface area contributed by atoms with Gasteiger partial charge < -0.3 is 11.1 Å². The van der Waals surface area contributed by atoms with Crippen LogP contribution < -0.4 is 11.1 Å². The highest BCUT2D eigenvalue weighted by Gasteiger charge is 2.15. The lowest BCUT2D eigenvalue weighted by Crippen LogP contribution is -2.39. The van der Waals surface area contributed by atoms with Crippen molar-refractivity contribution in [2.24, 2.45) is 10.7 Å². The second-order valence-corrected chi connectivity index (χ2v) is 4.27. The van der Waals surface area contributed by atoms with E-state index < -0.39 is 0 Å². The number of nitrogens with one attached hydrogen (secondary N) is 1. The molecule has 1 heterocycles. The van der Waals surface area contributed by atoms with Crippen molar-refractivity contribution in [3.63, 3.8) is 0 Å². The van der Waals surface area contributed by atoms with E-state index >= 15 is 0 Å². The molecule has 0 spiro atoms. The molecule has 0 amide bonds. The summed E-state index contributed by atoms with van der Waals surface area (Å²) in [5.41, 5.74) is 6.83. The maximum Gasteiger partial charge on any atom is 0.188 e. The first-order chi connectivity index (χ1) is 6.75. The Bertz CT molecular complexity index is 362. The van der Waals surface area contributed by atoms with E-state index in [9.17, 15) is 0 Å². The molecule has 4 heteroatoms. The van der Waals surface area contributed by atoms with E-state index in [-0.39, 0.29) is 0 Å². The van der Waals surface area contributed by atoms with Crippen LogP contribution in [0.3, 0.4) is 0 Å². The van der Waals surface area contributed by atoms with Crippen LogP contribution in [0.25, 0.3) is 0 Å². The maximum absolute atomic E-state index is 5.53. The van der Waals surface area contributed by atoms with E-state index in [1.165, 1.54) is 5.56 Å². The molecule has 3 N–H and O–H groups in total. The Morgan fingerprint density at radius 2 is 2.36 bits per heavy atom. The van der Waals surface area contributed by atoms with Gasteiger partial charge in [0.15, 0.2) is 5.96 Å². The maximum atomic E-state index is 5.53. The van der Waals surface area contributed by atoms with Gasteiger partial charge in [0, 0.05) is 16.9 Å². The van der Waals surface area contributed by atoms with Gasteiger partial charge in [0.2, 0.25) is 0 Å². The fraction of sp³-hybridized carbons (Fsp3) is 0.300. The minimum Gasteiger partial charge on any atom is -0.370 e. The third-order valence-electron chi connectivity index (χ3n) is 2.33. The smallest absolute Gasteiger partial charge is 0.188 e. The average molecular weight is 254 g/mol. The molecule has 0 bridgehead atoms. The standard InChI is InChI=1S/C10H12BrN3/c11-9-3-1-2-7(4-9)8-5-13-10(12)14-6-8/h1-4,8H,5-6H2,(H3,12,13,14). The summed E-state index contributed by atoms with van der Waals surface area (Å²) < 4.78 is 1.11. The monoisotopic (exact) mass is 253 g/mol. The van der Waals surface area contributed by atoms with Crippen molar-refractivity contribution >= 4 is 21.9 Å². The summed E-state index contributed by atoms with van der Waals surface area (Å²) in [4.78, 5) is 4.19. The number of nitrogens with two attached hydrogens (primary N) is 1. The van der Waals surface area contributed by atoms with E-state index in [0.29, 0.717) is 11.9 Å². The molecule has 1 aliphatic rings. The summed E-state index contributed by atoms with van der Waals surface area (Å²) in [6, 6.07) is 8.32. The molecule has 1 aromatic rings. The molecule has 3 nitrogen and oxygen atoms in total. The SMILES string of the molecule is NC1=NCC(c2cccc(Br)c2)CN1. The number of benzene rings is 1. The van der Waals surface area contributed by atoms with E-state index in [1.54, 1.807) is 0 Å². The molecule has 0 saturated carbocycles.